The number of aromatic amines is 1. The number of nitrogens with zero attached hydrogens (tertiary/aromatic N) is 3. The highest BCUT2D eigenvalue weighted by Crippen LogP contribution is 2.19. The molecule has 2 amide bonds. The van der Waals surface area contributed by atoms with Crippen LogP contribution < -0.4 is 0 Å². The van der Waals surface area contributed by atoms with Gasteiger partial charge in [-0.1, -0.05) is 29.8 Å². The molecule has 126 valence electrons. The van der Waals surface area contributed by atoms with Crippen molar-refractivity contribution in [3.05, 3.63) is 41.6 Å². The number of hydrogen-bond donors (Lipinski definition) is 1. The number of aryl methyl sites for hydroxylation is 1. The lowest BCUT2D eigenvalue weighted by molar-refractivity contribution is -0.128. The summed E-state index contributed by atoms with van der Waals surface area (Å²) < 4.78 is 0. The zero-order chi connectivity index (χ0) is 17.1. The van der Waals surface area contributed by atoms with Crippen LogP contribution in [0.4, 0.5) is 0 Å². The fourth-order valence-corrected chi connectivity index (χ4v) is 2.91. The first-order chi connectivity index (χ1) is 11.5. The molecule has 0 unspecified atom stereocenters. The third kappa shape index (κ3) is 3.48. The van der Waals surface area contributed by atoms with Crippen LogP contribution in [0.25, 0.3) is 11.3 Å². The molecule has 0 aliphatic carbocycles. The van der Waals surface area contributed by atoms with Gasteiger partial charge in [-0.05, 0) is 19.4 Å². The SMILES string of the molecule is CC(=O)N1CCCN(C(=O)c2cc(-c3ccc(C)cc3)n[nH]2)CC1. The molecule has 1 N–H and O–H groups in total. The predicted molar refractivity (Wildman–Crippen MR) is 91.5 cm³/mol. The summed E-state index contributed by atoms with van der Waals surface area (Å²) in [5, 5.41) is 7.11. The van der Waals surface area contributed by atoms with Crippen molar-refractivity contribution in [2.75, 3.05) is 26.2 Å². The van der Waals surface area contributed by atoms with Gasteiger partial charge in [-0.25, -0.2) is 0 Å². The number of carbonyl (C=O) groups excluding carboxylic acids is 2. The topological polar surface area (TPSA) is 69.3 Å². The van der Waals surface area contributed by atoms with Crippen molar-refractivity contribution >= 4 is 11.8 Å². The Kier molecular flexibility index (Phi) is 4.64. The van der Waals surface area contributed by atoms with Crippen LogP contribution >= 0.6 is 0 Å². The van der Waals surface area contributed by atoms with Gasteiger partial charge in [0.15, 0.2) is 0 Å². The molecule has 1 saturated heterocycles. The lowest BCUT2D eigenvalue weighted by atomic mass is 10.1. The van der Waals surface area contributed by atoms with Crippen molar-refractivity contribution in [2.24, 2.45) is 0 Å². The maximum Gasteiger partial charge on any atom is 0.271 e. The molecule has 1 aromatic carbocycles. The molecule has 0 radical (unpaired) electrons. The summed E-state index contributed by atoms with van der Waals surface area (Å²) in [6, 6.07) is 9.83. The molecule has 1 aliphatic rings. The molecule has 2 heterocycles. The van der Waals surface area contributed by atoms with Crippen LogP contribution in [-0.2, 0) is 4.79 Å². The molecule has 1 aromatic heterocycles. The van der Waals surface area contributed by atoms with Crippen LogP contribution in [0.5, 0.6) is 0 Å². The Morgan fingerprint density at radius 3 is 2.42 bits per heavy atom. The Balaban J connectivity index is 1.71. The average Bonchev–Trinajstić information content (AvgIpc) is 2.92. The van der Waals surface area contributed by atoms with Gasteiger partial charge in [0.1, 0.15) is 5.69 Å². The van der Waals surface area contributed by atoms with Gasteiger partial charge in [-0.2, -0.15) is 5.10 Å². The van der Waals surface area contributed by atoms with Crippen LogP contribution in [0.1, 0.15) is 29.4 Å². The van der Waals surface area contributed by atoms with Crippen LogP contribution in [0.2, 0.25) is 0 Å². The van der Waals surface area contributed by atoms with E-state index in [9.17, 15) is 9.59 Å². The number of rotatable bonds is 2. The first-order valence-electron chi connectivity index (χ1n) is 8.22. The minimum absolute atomic E-state index is 0.0625. The van der Waals surface area contributed by atoms with E-state index >= 15 is 0 Å². The van der Waals surface area contributed by atoms with Crippen LogP contribution in [0.15, 0.2) is 30.3 Å². The van der Waals surface area contributed by atoms with Crippen molar-refractivity contribution in [2.45, 2.75) is 20.3 Å². The number of aromatic nitrogens is 2. The van der Waals surface area contributed by atoms with Crippen molar-refractivity contribution < 1.29 is 9.59 Å². The number of nitrogens with one attached hydrogen (secondary N) is 1. The summed E-state index contributed by atoms with van der Waals surface area (Å²) in [7, 11) is 0. The standard InChI is InChI=1S/C18H22N4O2/c1-13-4-6-15(7-5-13)16-12-17(20-19-16)18(24)22-9-3-8-21(10-11-22)14(2)23/h4-7,12H,3,8-11H2,1-2H3,(H,19,20). The molecule has 1 aliphatic heterocycles. The fraction of sp³-hybridized carbons (Fsp3) is 0.389. The molecule has 3 rings (SSSR count). The highest BCUT2D eigenvalue weighted by molar-refractivity contribution is 5.93. The molecule has 24 heavy (non-hydrogen) atoms. The number of hydrogen-bond acceptors (Lipinski definition) is 3. The predicted octanol–water partition coefficient (Wildman–Crippen LogP) is 2.08. The average molecular weight is 326 g/mol. The highest BCUT2D eigenvalue weighted by Gasteiger charge is 2.22. The Labute approximate surface area is 141 Å². The molecule has 0 saturated carbocycles. The summed E-state index contributed by atoms with van der Waals surface area (Å²) in [4.78, 5) is 27.7. The second-order valence-corrected chi connectivity index (χ2v) is 6.18. The van der Waals surface area contributed by atoms with E-state index in [1.807, 2.05) is 31.2 Å². The molecular weight excluding hydrogens is 304 g/mol. The van der Waals surface area contributed by atoms with Gasteiger partial charge in [-0.3, -0.25) is 14.7 Å². The van der Waals surface area contributed by atoms with E-state index < -0.39 is 0 Å². The normalized spacial score (nSPS) is 15.2. The molecule has 0 bridgehead atoms. The first-order valence-corrected chi connectivity index (χ1v) is 8.22. The zero-order valence-corrected chi connectivity index (χ0v) is 14.1. The van der Waals surface area contributed by atoms with Gasteiger partial charge in [0.05, 0.1) is 5.69 Å². The summed E-state index contributed by atoms with van der Waals surface area (Å²) in [5.41, 5.74) is 3.42. The van der Waals surface area contributed by atoms with Gasteiger partial charge in [0, 0.05) is 38.7 Å². The summed E-state index contributed by atoms with van der Waals surface area (Å²) in [5.74, 6) is -0.00115. The van der Waals surface area contributed by atoms with E-state index in [2.05, 4.69) is 10.2 Å². The van der Waals surface area contributed by atoms with E-state index in [0.717, 1.165) is 17.7 Å². The molecule has 6 nitrogen and oxygen atoms in total. The smallest absolute Gasteiger partial charge is 0.271 e. The Bertz CT molecular complexity index is 736. The second-order valence-electron chi connectivity index (χ2n) is 6.18. The number of carbonyl (C=O) groups is 2. The van der Waals surface area contributed by atoms with Crippen LogP contribution in [0, 0.1) is 6.92 Å². The number of amides is 2. The Morgan fingerprint density at radius 2 is 1.71 bits per heavy atom. The largest absolute Gasteiger partial charge is 0.341 e. The molecular formula is C18H22N4O2. The maximum atomic E-state index is 12.7. The quantitative estimate of drug-likeness (QED) is 0.918. The Hall–Kier alpha value is -2.63. The van der Waals surface area contributed by atoms with Gasteiger partial charge in [0.2, 0.25) is 5.91 Å². The van der Waals surface area contributed by atoms with E-state index in [-0.39, 0.29) is 11.8 Å². The van der Waals surface area contributed by atoms with Gasteiger partial charge in [-0.15, -0.1) is 0 Å². The van der Waals surface area contributed by atoms with Gasteiger partial charge >= 0.3 is 0 Å². The molecule has 2 aromatic rings. The molecule has 6 heteroatoms. The van der Waals surface area contributed by atoms with Crippen molar-refractivity contribution in [1.29, 1.82) is 0 Å². The van der Waals surface area contributed by atoms with Crippen LogP contribution in [0.3, 0.4) is 0 Å². The fourth-order valence-electron chi connectivity index (χ4n) is 2.91. The van der Waals surface area contributed by atoms with Crippen molar-refractivity contribution in [3.8, 4) is 11.3 Å². The van der Waals surface area contributed by atoms with Crippen molar-refractivity contribution in [1.82, 2.24) is 20.0 Å². The third-order valence-corrected chi connectivity index (χ3v) is 4.38. The third-order valence-electron chi connectivity index (χ3n) is 4.38. The minimum atomic E-state index is -0.0636. The van der Waals surface area contributed by atoms with E-state index in [0.29, 0.717) is 31.9 Å². The highest BCUT2D eigenvalue weighted by atomic mass is 16.2. The maximum absolute atomic E-state index is 12.7. The lowest BCUT2D eigenvalue weighted by Crippen LogP contribution is -2.36. The van der Waals surface area contributed by atoms with Gasteiger partial charge < -0.3 is 9.80 Å². The minimum Gasteiger partial charge on any atom is -0.341 e. The second kappa shape index (κ2) is 6.86. The first kappa shape index (κ1) is 16.2. The zero-order valence-electron chi connectivity index (χ0n) is 14.1. The number of benzene rings is 1. The van der Waals surface area contributed by atoms with E-state index in [4.69, 9.17) is 0 Å². The van der Waals surface area contributed by atoms with E-state index in [1.54, 1.807) is 22.8 Å². The van der Waals surface area contributed by atoms with Gasteiger partial charge in [0.25, 0.3) is 5.91 Å². The molecule has 0 atom stereocenters. The summed E-state index contributed by atoms with van der Waals surface area (Å²) >= 11 is 0. The molecule has 1 fully saturated rings. The van der Waals surface area contributed by atoms with Crippen molar-refractivity contribution in [3.63, 3.8) is 0 Å². The summed E-state index contributed by atoms with van der Waals surface area (Å²) in [6.45, 7) is 6.10. The monoisotopic (exact) mass is 326 g/mol. The lowest BCUT2D eigenvalue weighted by Gasteiger charge is -2.20. The molecule has 0 spiro atoms. The van der Waals surface area contributed by atoms with Crippen LogP contribution in [-0.4, -0.2) is 58.0 Å². The number of H-pyrrole nitrogens is 1. The Morgan fingerprint density at radius 1 is 1.04 bits per heavy atom. The van der Waals surface area contributed by atoms with E-state index in [1.165, 1.54) is 5.56 Å². The summed E-state index contributed by atoms with van der Waals surface area (Å²) in [6.07, 6.45) is 0.796.